The van der Waals surface area contributed by atoms with Crippen molar-refractivity contribution in [3.05, 3.63) is 17.7 Å². The molecule has 0 bridgehead atoms. The normalized spacial score (nSPS) is 12.5. The Morgan fingerprint density at radius 1 is 1.33 bits per heavy atom. The number of phenols is 2. The minimum atomic E-state index is -0.328. The molecule has 4 N–H and O–H groups in total. The third-order valence-electron chi connectivity index (χ3n) is 2.17. The molecule has 0 aliphatic rings. The first-order valence-electron chi connectivity index (χ1n) is 4.46. The number of hydrogen-bond acceptors (Lipinski definition) is 5. The molecule has 0 aromatic heterocycles. The zero-order chi connectivity index (χ0) is 11.4. The van der Waals surface area contributed by atoms with Gasteiger partial charge in [0.05, 0.1) is 13.2 Å². The summed E-state index contributed by atoms with van der Waals surface area (Å²) in [5, 5.41) is 18.8. The average Bonchev–Trinajstić information content (AvgIpc) is 2.24. The van der Waals surface area contributed by atoms with E-state index in [0.29, 0.717) is 5.56 Å². The van der Waals surface area contributed by atoms with Crippen molar-refractivity contribution in [2.45, 2.75) is 6.10 Å². The zero-order valence-electron chi connectivity index (χ0n) is 8.73. The SMILES string of the molecule is COc1cc(C(CN)OC)cc(O)c1O. The standard InChI is InChI=1S/C10H15NO4/c1-14-8-4-6(9(5-11)15-2)3-7(12)10(8)13/h3-4,9,12-13H,5,11H2,1-2H3. The lowest BCUT2D eigenvalue weighted by Crippen LogP contribution is -2.14. The van der Waals surface area contributed by atoms with E-state index in [9.17, 15) is 10.2 Å². The van der Waals surface area contributed by atoms with Crippen molar-refractivity contribution in [2.24, 2.45) is 5.73 Å². The fraction of sp³-hybridized carbons (Fsp3) is 0.400. The molecule has 0 heterocycles. The van der Waals surface area contributed by atoms with E-state index in [1.165, 1.54) is 20.3 Å². The van der Waals surface area contributed by atoms with Gasteiger partial charge in [0.15, 0.2) is 11.5 Å². The van der Waals surface area contributed by atoms with Gasteiger partial charge < -0.3 is 25.4 Å². The van der Waals surface area contributed by atoms with Gasteiger partial charge in [0, 0.05) is 13.7 Å². The van der Waals surface area contributed by atoms with Gasteiger partial charge in [0.25, 0.3) is 0 Å². The molecule has 1 aromatic carbocycles. The summed E-state index contributed by atoms with van der Waals surface area (Å²) in [4.78, 5) is 0. The van der Waals surface area contributed by atoms with E-state index in [1.54, 1.807) is 6.07 Å². The largest absolute Gasteiger partial charge is 0.504 e. The molecule has 84 valence electrons. The second-order valence-electron chi connectivity index (χ2n) is 3.05. The quantitative estimate of drug-likeness (QED) is 0.643. The molecular weight excluding hydrogens is 198 g/mol. The summed E-state index contributed by atoms with van der Waals surface area (Å²) in [5.74, 6) is -0.339. The summed E-state index contributed by atoms with van der Waals surface area (Å²) in [6, 6.07) is 2.98. The van der Waals surface area contributed by atoms with Gasteiger partial charge in [-0.1, -0.05) is 0 Å². The first kappa shape index (κ1) is 11.6. The predicted octanol–water partition coefficient (Wildman–Crippen LogP) is 0.753. The van der Waals surface area contributed by atoms with Gasteiger partial charge in [-0.25, -0.2) is 0 Å². The first-order valence-corrected chi connectivity index (χ1v) is 4.46. The lowest BCUT2D eigenvalue weighted by atomic mass is 10.1. The van der Waals surface area contributed by atoms with Gasteiger partial charge in [-0.05, 0) is 17.7 Å². The molecule has 5 nitrogen and oxygen atoms in total. The van der Waals surface area contributed by atoms with Crippen LogP contribution in [0, 0.1) is 0 Å². The molecule has 1 atom stereocenters. The van der Waals surface area contributed by atoms with E-state index < -0.39 is 0 Å². The van der Waals surface area contributed by atoms with Crippen LogP contribution in [0.3, 0.4) is 0 Å². The molecule has 0 aliphatic carbocycles. The predicted molar refractivity (Wildman–Crippen MR) is 55.1 cm³/mol. The van der Waals surface area contributed by atoms with E-state index in [4.69, 9.17) is 15.2 Å². The number of aromatic hydroxyl groups is 2. The highest BCUT2D eigenvalue weighted by Gasteiger charge is 2.15. The summed E-state index contributed by atoms with van der Waals surface area (Å²) in [7, 11) is 2.93. The maximum atomic E-state index is 9.43. The smallest absolute Gasteiger partial charge is 0.200 e. The van der Waals surface area contributed by atoms with Crippen LogP contribution in [0.15, 0.2) is 12.1 Å². The second-order valence-corrected chi connectivity index (χ2v) is 3.05. The number of nitrogens with two attached hydrogens (primary N) is 1. The topological polar surface area (TPSA) is 84.9 Å². The molecule has 1 unspecified atom stereocenters. The monoisotopic (exact) mass is 213 g/mol. The Labute approximate surface area is 88.0 Å². The average molecular weight is 213 g/mol. The Kier molecular flexibility index (Phi) is 3.76. The Balaban J connectivity index is 3.15. The number of rotatable bonds is 4. The number of phenolic OH excluding ortho intramolecular Hbond substituents is 2. The van der Waals surface area contributed by atoms with E-state index >= 15 is 0 Å². The highest BCUT2D eigenvalue weighted by atomic mass is 16.5. The van der Waals surface area contributed by atoms with Gasteiger partial charge in [0.1, 0.15) is 0 Å². The Hall–Kier alpha value is -1.46. The van der Waals surface area contributed by atoms with Crippen molar-refractivity contribution in [3.8, 4) is 17.2 Å². The van der Waals surface area contributed by atoms with Crippen LogP contribution in [0.1, 0.15) is 11.7 Å². The minimum Gasteiger partial charge on any atom is -0.504 e. The lowest BCUT2D eigenvalue weighted by Gasteiger charge is -2.15. The van der Waals surface area contributed by atoms with E-state index in [1.807, 2.05) is 0 Å². The molecule has 1 aromatic rings. The van der Waals surface area contributed by atoms with Crippen molar-refractivity contribution < 1.29 is 19.7 Å². The highest BCUT2D eigenvalue weighted by molar-refractivity contribution is 5.52. The molecule has 15 heavy (non-hydrogen) atoms. The van der Waals surface area contributed by atoms with Crippen LogP contribution in [0.25, 0.3) is 0 Å². The van der Waals surface area contributed by atoms with Crippen LogP contribution in [0.2, 0.25) is 0 Å². The third kappa shape index (κ3) is 2.31. The molecule has 1 rings (SSSR count). The van der Waals surface area contributed by atoms with Crippen LogP contribution in [0.5, 0.6) is 17.2 Å². The van der Waals surface area contributed by atoms with E-state index in [-0.39, 0.29) is 29.9 Å². The number of hydrogen-bond donors (Lipinski definition) is 3. The molecule has 0 amide bonds. The van der Waals surface area contributed by atoms with Gasteiger partial charge in [-0.2, -0.15) is 0 Å². The molecule has 0 spiro atoms. The molecule has 5 heteroatoms. The zero-order valence-corrected chi connectivity index (χ0v) is 8.73. The minimum absolute atomic E-state index is 0.195. The van der Waals surface area contributed by atoms with Gasteiger partial charge in [-0.3, -0.25) is 0 Å². The van der Waals surface area contributed by atoms with Gasteiger partial charge in [-0.15, -0.1) is 0 Å². The summed E-state index contributed by atoms with van der Waals surface area (Å²) < 4.78 is 10.0. The van der Waals surface area contributed by atoms with Crippen molar-refractivity contribution in [1.82, 2.24) is 0 Å². The second kappa shape index (κ2) is 4.86. The number of methoxy groups -OCH3 is 2. The van der Waals surface area contributed by atoms with Crippen molar-refractivity contribution in [2.75, 3.05) is 20.8 Å². The maximum Gasteiger partial charge on any atom is 0.200 e. The van der Waals surface area contributed by atoms with E-state index in [2.05, 4.69) is 0 Å². The van der Waals surface area contributed by atoms with Crippen molar-refractivity contribution in [3.63, 3.8) is 0 Å². The summed E-state index contributed by atoms with van der Waals surface area (Å²) in [6.07, 6.45) is -0.328. The first-order chi connectivity index (χ1) is 7.13. The Bertz CT molecular complexity index is 336. The fourth-order valence-electron chi connectivity index (χ4n) is 1.32. The molecule has 0 fully saturated rings. The number of benzene rings is 1. The molecular formula is C10H15NO4. The Morgan fingerprint density at radius 2 is 2.00 bits per heavy atom. The fourth-order valence-corrected chi connectivity index (χ4v) is 1.32. The van der Waals surface area contributed by atoms with Gasteiger partial charge >= 0.3 is 0 Å². The van der Waals surface area contributed by atoms with Crippen molar-refractivity contribution in [1.29, 1.82) is 0 Å². The molecule has 0 aliphatic heterocycles. The number of ether oxygens (including phenoxy) is 2. The maximum absolute atomic E-state index is 9.43. The summed E-state index contributed by atoms with van der Waals surface area (Å²) in [6.45, 7) is 0.282. The molecule has 0 saturated heterocycles. The molecule has 0 radical (unpaired) electrons. The van der Waals surface area contributed by atoms with Crippen LogP contribution >= 0.6 is 0 Å². The van der Waals surface area contributed by atoms with Crippen LogP contribution in [-0.2, 0) is 4.74 Å². The van der Waals surface area contributed by atoms with Crippen molar-refractivity contribution >= 4 is 0 Å². The van der Waals surface area contributed by atoms with Crippen LogP contribution < -0.4 is 10.5 Å². The van der Waals surface area contributed by atoms with E-state index in [0.717, 1.165) is 0 Å². The van der Waals surface area contributed by atoms with Gasteiger partial charge in [0.2, 0.25) is 5.75 Å². The molecule has 0 saturated carbocycles. The Morgan fingerprint density at radius 3 is 2.47 bits per heavy atom. The van der Waals surface area contributed by atoms with Crippen LogP contribution in [0.4, 0.5) is 0 Å². The van der Waals surface area contributed by atoms with Crippen LogP contribution in [-0.4, -0.2) is 31.0 Å². The third-order valence-corrected chi connectivity index (χ3v) is 2.17. The highest BCUT2D eigenvalue weighted by Crippen LogP contribution is 2.38. The summed E-state index contributed by atoms with van der Waals surface area (Å²) in [5.41, 5.74) is 6.14. The summed E-state index contributed by atoms with van der Waals surface area (Å²) >= 11 is 0. The lowest BCUT2D eigenvalue weighted by molar-refractivity contribution is 0.110.